The first-order valence-electron chi connectivity index (χ1n) is 10.3. The molecule has 0 spiro atoms. The third kappa shape index (κ3) is 4.14. The molecular weight excluding hydrogens is 474 g/mol. The Balaban J connectivity index is 1.83. The molecule has 0 saturated heterocycles. The number of hydrogen-bond acceptors (Lipinski definition) is 6. The van der Waals surface area contributed by atoms with Crippen molar-refractivity contribution in [1.82, 2.24) is 10.3 Å². The normalized spacial score (nSPS) is 18.1. The van der Waals surface area contributed by atoms with E-state index >= 15 is 0 Å². The van der Waals surface area contributed by atoms with E-state index < -0.39 is 5.92 Å². The predicted molar refractivity (Wildman–Crippen MR) is 125 cm³/mol. The van der Waals surface area contributed by atoms with Crippen molar-refractivity contribution in [3.05, 3.63) is 69.1 Å². The van der Waals surface area contributed by atoms with Crippen LogP contribution in [0.15, 0.2) is 63.5 Å². The van der Waals surface area contributed by atoms with Gasteiger partial charge in [0.25, 0.3) is 5.91 Å². The lowest BCUT2D eigenvalue weighted by Gasteiger charge is -2.35. The molecule has 2 aliphatic rings. The van der Waals surface area contributed by atoms with E-state index in [1.807, 2.05) is 19.1 Å². The Hall–Kier alpha value is -3.13. The Bertz CT molecular complexity index is 1140. The minimum absolute atomic E-state index is 0.0428. The van der Waals surface area contributed by atoms with Crippen LogP contribution in [0.4, 0.5) is 5.82 Å². The van der Waals surface area contributed by atoms with E-state index in [0.717, 1.165) is 28.6 Å². The van der Waals surface area contributed by atoms with Gasteiger partial charge < -0.3 is 20.1 Å². The topological polar surface area (TPSA) is 89.5 Å². The van der Waals surface area contributed by atoms with E-state index in [9.17, 15) is 9.59 Å². The number of halogens is 1. The van der Waals surface area contributed by atoms with Crippen molar-refractivity contribution < 1.29 is 19.1 Å². The maximum absolute atomic E-state index is 13.5. The van der Waals surface area contributed by atoms with Crippen molar-refractivity contribution in [1.29, 1.82) is 0 Å². The average Bonchev–Trinajstić information content (AvgIpc) is 2.79. The fourth-order valence-electron chi connectivity index (χ4n) is 4.29. The molecule has 0 radical (unpaired) electrons. The molecular formula is C24H24BrN3O4. The second-order valence-electron chi connectivity index (χ2n) is 7.69. The van der Waals surface area contributed by atoms with Gasteiger partial charge in [-0.25, -0.2) is 4.98 Å². The molecule has 1 atom stereocenters. The number of hydrogen-bond donors (Lipinski definition) is 2. The van der Waals surface area contributed by atoms with Crippen LogP contribution in [-0.2, 0) is 9.59 Å². The van der Waals surface area contributed by atoms with Crippen molar-refractivity contribution in [2.45, 2.75) is 32.1 Å². The van der Waals surface area contributed by atoms with Gasteiger partial charge in [-0.3, -0.25) is 9.59 Å². The number of nitrogens with zero attached hydrogens (tertiary/aromatic N) is 1. The summed E-state index contributed by atoms with van der Waals surface area (Å²) in [5.41, 5.74) is 3.41. The van der Waals surface area contributed by atoms with Crippen molar-refractivity contribution in [2.75, 3.05) is 19.5 Å². The standard InChI is InChI=1S/C24H24BrN3O4/c1-13-21(24(30)28-20-10-7-14(25)12-26-20)22(23-17(27-13)5-4-6-18(23)29)16-9-8-15(31-2)11-19(16)32-3/h7-12,22,27H,4-6H2,1-3H3,(H,26,28,30)/t22-/m0/s1. The van der Waals surface area contributed by atoms with Crippen molar-refractivity contribution >= 4 is 33.4 Å². The number of Topliss-reactive ketones (excluding diaryl/α,β-unsaturated/α-hetero) is 1. The van der Waals surface area contributed by atoms with E-state index in [4.69, 9.17) is 9.47 Å². The summed E-state index contributed by atoms with van der Waals surface area (Å²) in [6.07, 6.45) is 3.62. The zero-order chi connectivity index (χ0) is 22.8. The molecule has 0 fully saturated rings. The quantitative estimate of drug-likeness (QED) is 0.633. The van der Waals surface area contributed by atoms with Crippen LogP contribution in [-0.4, -0.2) is 30.9 Å². The first kappa shape index (κ1) is 22.1. The number of methoxy groups -OCH3 is 2. The maximum atomic E-state index is 13.5. The number of benzene rings is 1. The number of pyridine rings is 1. The van der Waals surface area contributed by atoms with Gasteiger partial charge in [-0.2, -0.15) is 0 Å². The number of nitrogens with one attached hydrogen (secondary N) is 2. The summed E-state index contributed by atoms with van der Waals surface area (Å²) in [7, 11) is 3.15. The smallest absolute Gasteiger partial charge is 0.255 e. The van der Waals surface area contributed by atoms with Crippen LogP contribution >= 0.6 is 15.9 Å². The highest BCUT2D eigenvalue weighted by Crippen LogP contribution is 2.45. The molecule has 1 aromatic heterocycles. The van der Waals surface area contributed by atoms with E-state index in [1.54, 1.807) is 38.6 Å². The molecule has 2 N–H and O–H groups in total. The largest absolute Gasteiger partial charge is 0.497 e. The number of ether oxygens (including phenoxy) is 2. The lowest BCUT2D eigenvalue weighted by atomic mass is 9.74. The fraction of sp³-hybridized carbons (Fsp3) is 0.292. The van der Waals surface area contributed by atoms with Gasteiger partial charge >= 0.3 is 0 Å². The molecule has 1 aromatic carbocycles. The Morgan fingerprint density at radius 3 is 2.69 bits per heavy atom. The fourth-order valence-corrected chi connectivity index (χ4v) is 4.52. The Morgan fingerprint density at radius 1 is 1.19 bits per heavy atom. The van der Waals surface area contributed by atoms with Crippen LogP contribution in [0, 0.1) is 0 Å². The van der Waals surface area contributed by atoms with Gasteiger partial charge in [-0.1, -0.05) is 6.07 Å². The third-order valence-corrected chi connectivity index (χ3v) is 6.21. The Kier molecular flexibility index (Phi) is 6.32. The summed E-state index contributed by atoms with van der Waals surface area (Å²) in [6.45, 7) is 1.86. The van der Waals surface area contributed by atoms with Crippen molar-refractivity contribution in [2.24, 2.45) is 0 Å². The minimum Gasteiger partial charge on any atom is -0.497 e. The van der Waals surface area contributed by atoms with Crippen LogP contribution in [0.1, 0.15) is 37.7 Å². The molecule has 0 saturated carbocycles. The first-order chi connectivity index (χ1) is 15.4. The zero-order valence-corrected chi connectivity index (χ0v) is 19.7. The second kappa shape index (κ2) is 9.16. The lowest BCUT2D eigenvalue weighted by Crippen LogP contribution is -2.35. The van der Waals surface area contributed by atoms with Gasteiger partial charge in [0, 0.05) is 51.3 Å². The molecule has 2 heterocycles. The zero-order valence-electron chi connectivity index (χ0n) is 18.1. The molecule has 4 rings (SSSR count). The summed E-state index contributed by atoms with van der Waals surface area (Å²) in [6, 6.07) is 8.96. The van der Waals surface area contributed by atoms with E-state index in [2.05, 4.69) is 31.5 Å². The highest BCUT2D eigenvalue weighted by Gasteiger charge is 2.39. The molecule has 1 aliphatic carbocycles. The number of rotatable bonds is 5. The molecule has 1 aliphatic heterocycles. The first-order valence-corrected chi connectivity index (χ1v) is 11.1. The Labute approximate surface area is 195 Å². The molecule has 1 amide bonds. The summed E-state index contributed by atoms with van der Waals surface area (Å²) >= 11 is 3.35. The predicted octanol–water partition coefficient (Wildman–Crippen LogP) is 4.47. The molecule has 8 heteroatoms. The SMILES string of the molecule is COc1ccc([C@H]2C(C(=O)Nc3ccc(Br)cn3)=C(C)NC3=C2C(=O)CCC3)c(OC)c1. The van der Waals surface area contributed by atoms with E-state index in [1.165, 1.54) is 0 Å². The van der Waals surface area contributed by atoms with Gasteiger partial charge in [0.15, 0.2) is 5.78 Å². The van der Waals surface area contributed by atoms with E-state index in [0.29, 0.717) is 40.6 Å². The van der Waals surface area contributed by atoms with Crippen LogP contribution < -0.4 is 20.1 Å². The van der Waals surface area contributed by atoms with Crippen LogP contribution in [0.25, 0.3) is 0 Å². The molecule has 0 bridgehead atoms. The van der Waals surface area contributed by atoms with Crippen LogP contribution in [0.3, 0.4) is 0 Å². The van der Waals surface area contributed by atoms with Crippen LogP contribution in [0.2, 0.25) is 0 Å². The van der Waals surface area contributed by atoms with E-state index in [-0.39, 0.29) is 11.7 Å². The molecule has 166 valence electrons. The van der Waals surface area contributed by atoms with Crippen LogP contribution in [0.5, 0.6) is 11.5 Å². The summed E-state index contributed by atoms with van der Waals surface area (Å²) in [5, 5.41) is 6.19. The van der Waals surface area contributed by atoms with Crippen molar-refractivity contribution in [3.63, 3.8) is 0 Å². The van der Waals surface area contributed by atoms with Gasteiger partial charge in [0.05, 0.1) is 20.1 Å². The van der Waals surface area contributed by atoms with Gasteiger partial charge in [0.2, 0.25) is 0 Å². The highest BCUT2D eigenvalue weighted by atomic mass is 79.9. The summed E-state index contributed by atoms with van der Waals surface area (Å²) in [4.78, 5) is 30.8. The number of amides is 1. The van der Waals surface area contributed by atoms with Crippen molar-refractivity contribution in [3.8, 4) is 11.5 Å². The average molecular weight is 498 g/mol. The summed E-state index contributed by atoms with van der Waals surface area (Å²) in [5.74, 6) is 0.777. The summed E-state index contributed by atoms with van der Waals surface area (Å²) < 4.78 is 11.8. The molecule has 7 nitrogen and oxygen atoms in total. The molecule has 2 aromatic rings. The number of aromatic nitrogens is 1. The number of allylic oxidation sites excluding steroid dienone is 3. The number of ketones is 1. The highest BCUT2D eigenvalue weighted by molar-refractivity contribution is 9.10. The molecule has 0 unspecified atom stereocenters. The van der Waals surface area contributed by atoms with Gasteiger partial charge in [-0.15, -0.1) is 0 Å². The molecule has 32 heavy (non-hydrogen) atoms. The van der Waals surface area contributed by atoms with Gasteiger partial charge in [-0.05, 0) is 53.9 Å². The van der Waals surface area contributed by atoms with Gasteiger partial charge in [0.1, 0.15) is 17.3 Å². The minimum atomic E-state index is -0.560. The number of dihydropyridines is 1. The second-order valence-corrected chi connectivity index (χ2v) is 8.60. The monoisotopic (exact) mass is 497 g/mol. The maximum Gasteiger partial charge on any atom is 0.255 e. The number of carbonyl (C=O) groups excluding carboxylic acids is 2. The Morgan fingerprint density at radius 2 is 2.00 bits per heavy atom. The third-order valence-electron chi connectivity index (χ3n) is 5.74. The number of carbonyl (C=O) groups is 2. The lowest BCUT2D eigenvalue weighted by molar-refractivity contribution is -0.116. The number of anilines is 1.